The lowest BCUT2D eigenvalue weighted by Crippen LogP contribution is -2.53. The summed E-state index contributed by atoms with van der Waals surface area (Å²) in [6.07, 6.45) is 51.6. The second kappa shape index (κ2) is 45.1. The summed E-state index contributed by atoms with van der Waals surface area (Å²) in [4.78, 5) is 56.7. The maximum atomic E-state index is 14.9. The van der Waals surface area contributed by atoms with Crippen LogP contribution in [0.3, 0.4) is 0 Å². The fourth-order valence-corrected chi connectivity index (χ4v) is 10.5. The molecule has 3 amide bonds. The van der Waals surface area contributed by atoms with Gasteiger partial charge in [0, 0.05) is 96.5 Å². The molecule has 7 N–H and O–H groups in total. The quantitative estimate of drug-likeness (QED) is 0.0264. The fourth-order valence-electron chi connectivity index (χ4n) is 10.5. The average molecular weight is 1230 g/mol. The Hall–Kier alpha value is -8.18. The van der Waals surface area contributed by atoms with Crippen LogP contribution < -0.4 is 55.8 Å². The number of nitrogens with one attached hydrogen (secondary N) is 3. The van der Waals surface area contributed by atoms with Crippen LogP contribution in [0.2, 0.25) is 0 Å². The van der Waals surface area contributed by atoms with Crippen LogP contribution in [0.25, 0.3) is 0 Å². The maximum Gasteiger partial charge on any atom is 0.251 e. The van der Waals surface area contributed by atoms with Crippen LogP contribution in [0.5, 0.6) is 34.5 Å². The molecular weight excluding hydrogens is 1130 g/mol. The number of rotatable bonds is 47. The van der Waals surface area contributed by atoms with Gasteiger partial charge in [-0.2, -0.15) is 0 Å². The van der Waals surface area contributed by atoms with E-state index in [1.165, 1.54) is 0 Å². The van der Waals surface area contributed by atoms with E-state index in [2.05, 4.69) is 51.5 Å². The van der Waals surface area contributed by atoms with E-state index >= 15 is 0 Å². The molecule has 0 aromatic heterocycles. The monoisotopic (exact) mass is 1230 g/mol. The van der Waals surface area contributed by atoms with Gasteiger partial charge in [0.05, 0.1) is 39.6 Å². The number of ether oxygens (including phenoxy) is 6. The molecule has 90 heavy (non-hydrogen) atoms. The van der Waals surface area contributed by atoms with Crippen molar-refractivity contribution < 1.29 is 47.6 Å². The van der Waals surface area contributed by atoms with Gasteiger partial charge < -0.3 is 60.6 Å². The molecule has 1 aliphatic rings. The zero-order valence-electron chi connectivity index (χ0n) is 53.6. The Morgan fingerprint density at radius 1 is 0.378 bits per heavy atom. The standard InChI is InChI=1S/C75H99N5O10/c1-8-14-20-28-42-85-67-48-58(49-68(86-43-29-21-15-9-2)64(67)37-27-26-36-57(7)81)73(82)78-61-54-62(79-74(83)59-50-69(87-44-30-22-16-10-3)65(38-34-40-76)70(51-59)88-45-31-23-17-11-4)56-63(55-61)80-75(84)60-52-71(89-46-32-24-18-12-5)66(39-35-41-77)72(53-60)90-47-33-25-19-13-6/h1-6,48-53,61-63H,14-47,54-56,76-77H2,7H3,(H,78,82)(H,79,83)(H,80,84)/t61?,62-,63+. The van der Waals surface area contributed by atoms with E-state index in [0.717, 1.165) is 55.2 Å². The lowest BCUT2D eigenvalue weighted by atomic mass is 9.86. The van der Waals surface area contributed by atoms with Gasteiger partial charge in [-0.1, -0.05) is 0 Å². The number of hydrogen-bond acceptors (Lipinski definition) is 12. The topological polar surface area (TPSA) is 212 Å². The Labute approximate surface area is 538 Å². The number of carbonyl (C=O) groups is 4. The first-order chi connectivity index (χ1) is 43.9. The summed E-state index contributed by atoms with van der Waals surface area (Å²) in [5, 5.41) is 9.85. The largest absolute Gasteiger partial charge is 0.493 e. The molecule has 3 atom stereocenters. The van der Waals surface area contributed by atoms with Gasteiger partial charge in [0.15, 0.2) is 0 Å². The SMILES string of the molecule is C#CCCCCOc1cc(C(=O)N[C@@H]2CC(NC(=O)c3cc(OCCCCC#C)c(CCCCC(C)=O)c(OCCCCC#C)c3)C[C@H](NC(=O)c3cc(OCCCCC#C)c(CCCN)c(OCCCCC#C)c3)C2)cc(OCCCCC#C)c1CCCN. The molecule has 0 heterocycles. The van der Waals surface area contributed by atoms with Crippen molar-refractivity contribution in [1.82, 2.24) is 16.0 Å². The summed E-state index contributed by atoms with van der Waals surface area (Å²) in [6, 6.07) is 8.75. The van der Waals surface area contributed by atoms with Crippen LogP contribution in [-0.4, -0.2) is 94.4 Å². The number of carbonyl (C=O) groups excluding carboxylic acids is 4. The minimum Gasteiger partial charge on any atom is -0.493 e. The molecule has 1 unspecified atom stereocenters. The summed E-state index contributed by atoms with van der Waals surface area (Å²) in [7, 11) is 0. The van der Waals surface area contributed by atoms with Gasteiger partial charge in [0.25, 0.3) is 17.7 Å². The minimum absolute atomic E-state index is 0.109. The third-order valence-electron chi connectivity index (χ3n) is 15.3. The van der Waals surface area contributed by atoms with Crippen molar-refractivity contribution in [1.29, 1.82) is 0 Å². The molecule has 0 saturated heterocycles. The molecule has 3 aromatic carbocycles. The summed E-state index contributed by atoms with van der Waals surface area (Å²) < 4.78 is 38.7. The number of amides is 3. The highest BCUT2D eigenvalue weighted by molar-refractivity contribution is 5.97. The molecule has 0 radical (unpaired) electrons. The van der Waals surface area contributed by atoms with E-state index in [1.807, 2.05) is 0 Å². The van der Waals surface area contributed by atoms with Crippen molar-refractivity contribution in [3.63, 3.8) is 0 Å². The minimum atomic E-state index is -0.570. The van der Waals surface area contributed by atoms with E-state index < -0.39 is 35.8 Å². The average Bonchev–Trinajstić information content (AvgIpc) is 1.25. The van der Waals surface area contributed by atoms with Gasteiger partial charge in [-0.15, -0.1) is 74.1 Å². The van der Waals surface area contributed by atoms with Crippen LogP contribution in [0.4, 0.5) is 0 Å². The summed E-state index contributed by atoms with van der Waals surface area (Å²) in [5.41, 5.74) is 15.4. The summed E-state index contributed by atoms with van der Waals surface area (Å²) in [5.74, 6) is 18.1. The number of terminal acetylenes is 6. The number of unbranched alkanes of at least 4 members (excludes halogenated alkanes) is 13. The van der Waals surface area contributed by atoms with E-state index in [0.29, 0.717) is 252 Å². The normalized spacial score (nSPS) is 14.0. The molecule has 0 aliphatic heterocycles. The number of ketones is 1. The van der Waals surface area contributed by atoms with Gasteiger partial charge in [-0.25, -0.2) is 0 Å². The van der Waals surface area contributed by atoms with E-state index in [1.54, 1.807) is 43.3 Å². The Bertz CT molecular complexity index is 2700. The van der Waals surface area contributed by atoms with Crippen molar-refractivity contribution in [2.24, 2.45) is 11.5 Å². The Balaban J connectivity index is 1.82. The van der Waals surface area contributed by atoms with Gasteiger partial charge in [0.1, 0.15) is 40.3 Å². The first-order valence-corrected chi connectivity index (χ1v) is 32.6. The van der Waals surface area contributed by atoms with Gasteiger partial charge in [-0.05, 0) is 198 Å². The molecular formula is C75H99N5O10. The third kappa shape index (κ3) is 28.1. The maximum absolute atomic E-state index is 14.9. The third-order valence-corrected chi connectivity index (χ3v) is 15.3. The molecule has 1 fully saturated rings. The fraction of sp³-hybridized carbons (Fsp3) is 0.547. The Morgan fingerprint density at radius 2 is 0.611 bits per heavy atom. The summed E-state index contributed by atoms with van der Waals surface area (Å²) in [6.45, 7) is 4.65. The molecule has 15 heteroatoms. The highest BCUT2D eigenvalue weighted by Gasteiger charge is 2.34. The predicted octanol–water partition coefficient (Wildman–Crippen LogP) is 11.7. The lowest BCUT2D eigenvalue weighted by Gasteiger charge is -2.36. The molecule has 1 aliphatic carbocycles. The highest BCUT2D eigenvalue weighted by Crippen LogP contribution is 2.37. The first-order valence-electron chi connectivity index (χ1n) is 32.6. The van der Waals surface area contributed by atoms with E-state index in [4.69, 9.17) is 78.4 Å². The van der Waals surface area contributed by atoms with Gasteiger partial charge >= 0.3 is 0 Å². The molecule has 484 valence electrons. The van der Waals surface area contributed by atoms with Crippen molar-refractivity contribution in [2.75, 3.05) is 52.7 Å². The van der Waals surface area contributed by atoms with Crippen molar-refractivity contribution in [3.05, 3.63) is 69.8 Å². The smallest absolute Gasteiger partial charge is 0.251 e. The lowest BCUT2D eigenvalue weighted by molar-refractivity contribution is -0.117. The zero-order valence-corrected chi connectivity index (χ0v) is 53.6. The van der Waals surface area contributed by atoms with Crippen molar-refractivity contribution in [3.8, 4) is 109 Å². The Morgan fingerprint density at radius 3 is 0.822 bits per heavy atom. The van der Waals surface area contributed by atoms with Crippen molar-refractivity contribution in [2.45, 2.75) is 211 Å². The number of nitrogens with two attached hydrogens (primary N) is 2. The van der Waals surface area contributed by atoms with Crippen LogP contribution >= 0.6 is 0 Å². The van der Waals surface area contributed by atoms with Crippen LogP contribution in [0.1, 0.15) is 222 Å². The highest BCUT2D eigenvalue weighted by atomic mass is 16.5. The van der Waals surface area contributed by atoms with Gasteiger partial charge in [0.2, 0.25) is 0 Å². The zero-order chi connectivity index (χ0) is 65.0. The second-order valence-electron chi connectivity index (χ2n) is 22.8. The van der Waals surface area contributed by atoms with Crippen LogP contribution in [-0.2, 0) is 24.1 Å². The van der Waals surface area contributed by atoms with E-state index in [-0.39, 0.29) is 5.78 Å². The molecule has 0 spiro atoms. The molecule has 3 aromatic rings. The van der Waals surface area contributed by atoms with Crippen LogP contribution in [0, 0.1) is 74.1 Å². The number of Topliss-reactive ketones (excluding diaryl/α,β-unsaturated/α-hetero) is 1. The van der Waals surface area contributed by atoms with Gasteiger partial charge in [-0.3, -0.25) is 14.4 Å². The van der Waals surface area contributed by atoms with Crippen LogP contribution in [0.15, 0.2) is 36.4 Å². The number of hydrogen-bond donors (Lipinski definition) is 5. The molecule has 0 bridgehead atoms. The van der Waals surface area contributed by atoms with E-state index in [9.17, 15) is 19.2 Å². The summed E-state index contributed by atoms with van der Waals surface area (Å²) >= 11 is 0. The molecule has 15 nitrogen and oxygen atoms in total. The Kier molecular flexibility index (Phi) is 37.2. The second-order valence-corrected chi connectivity index (χ2v) is 22.8. The number of benzene rings is 3. The van der Waals surface area contributed by atoms with Crippen molar-refractivity contribution >= 4 is 23.5 Å². The first kappa shape index (κ1) is 74.3. The molecule has 1 saturated carbocycles. The molecule has 4 rings (SSSR count). The predicted molar refractivity (Wildman–Crippen MR) is 359 cm³/mol.